The second kappa shape index (κ2) is 5.34. The molecule has 0 radical (unpaired) electrons. The lowest BCUT2D eigenvalue weighted by molar-refractivity contribution is 0.0517. The molecule has 0 aliphatic rings. The van der Waals surface area contributed by atoms with Crippen LogP contribution in [-0.2, 0) is 4.74 Å². The number of nitrogens with zero attached hydrogens (tertiary/aromatic N) is 1. The lowest BCUT2D eigenvalue weighted by atomic mass is 10.1. The van der Waals surface area contributed by atoms with Crippen molar-refractivity contribution in [1.82, 2.24) is 4.98 Å². The highest BCUT2D eigenvalue weighted by atomic mass is 79.9. The zero-order chi connectivity index (χ0) is 12.3. The van der Waals surface area contributed by atoms with Crippen LogP contribution in [0.25, 0.3) is 0 Å². The van der Waals surface area contributed by atoms with E-state index in [-0.39, 0.29) is 22.5 Å². The molecule has 0 N–H and O–H groups in total. The first-order chi connectivity index (χ1) is 7.47. The number of hydrogen-bond donors (Lipinski definition) is 0. The minimum absolute atomic E-state index is 0.0313. The number of esters is 1. The number of ether oxygens (including phenoxy) is 1. The van der Waals surface area contributed by atoms with Gasteiger partial charge in [-0.25, -0.2) is 18.6 Å². The average molecular weight is 294 g/mol. The molecule has 0 fully saturated rings. The van der Waals surface area contributed by atoms with Crippen molar-refractivity contribution in [2.75, 3.05) is 6.61 Å². The van der Waals surface area contributed by atoms with E-state index in [1.807, 2.05) is 0 Å². The number of rotatable bonds is 3. The van der Waals surface area contributed by atoms with Gasteiger partial charge in [-0.3, -0.25) is 0 Å². The number of halogens is 3. The highest BCUT2D eigenvalue weighted by Crippen LogP contribution is 2.27. The van der Waals surface area contributed by atoms with Gasteiger partial charge in [-0.1, -0.05) is 0 Å². The van der Waals surface area contributed by atoms with E-state index in [9.17, 15) is 13.6 Å². The molecule has 0 saturated heterocycles. The second-order valence-corrected chi connectivity index (χ2v) is 3.81. The number of carbonyl (C=O) groups excluding carboxylic acids is 1. The van der Waals surface area contributed by atoms with Crippen LogP contribution in [0.15, 0.2) is 10.7 Å². The zero-order valence-corrected chi connectivity index (χ0v) is 10.3. The van der Waals surface area contributed by atoms with Crippen molar-refractivity contribution in [3.8, 4) is 0 Å². The van der Waals surface area contributed by atoms with E-state index < -0.39 is 12.4 Å². The second-order valence-electron chi connectivity index (χ2n) is 3.06. The number of aryl methyl sites for hydroxylation is 1. The van der Waals surface area contributed by atoms with Crippen LogP contribution in [0.4, 0.5) is 8.78 Å². The highest BCUT2D eigenvalue weighted by molar-refractivity contribution is 9.10. The Bertz CT molecular complexity index is 410. The fraction of sp³-hybridized carbons (Fsp3) is 0.400. The van der Waals surface area contributed by atoms with Crippen LogP contribution in [0.5, 0.6) is 0 Å². The van der Waals surface area contributed by atoms with Gasteiger partial charge in [0.1, 0.15) is 4.60 Å². The van der Waals surface area contributed by atoms with Crippen LogP contribution in [0.3, 0.4) is 0 Å². The number of aromatic nitrogens is 1. The molecule has 0 aliphatic carbocycles. The summed E-state index contributed by atoms with van der Waals surface area (Å²) in [4.78, 5) is 15.2. The monoisotopic (exact) mass is 293 g/mol. The topological polar surface area (TPSA) is 39.2 Å². The standard InChI is InChI=1S/C10H10BrF2NO2/c1-3-16-10(15)7-5(2)4-6(9(12)13)8(11)14-7/h4,9H,3H2,1-2H3. The molecule has 88 valence electrons. The minimum atomic E-state index is -2.63. The lowest BCUT2D eigenvalue weighted by Crippen LogP contribution is -2.10. The van der Waals surface area contributed by atoms with Crippen molar-refractivity contribution in [3.63, 3.8) is 0 Å². The number of hydrogen-bond acceptors (Lipinski definition) is 3. The fourth-order valence-corrected chi connectivity index (χ4v) is 1.64. The molecule has 1 rings (SSSR count). The van der Waals surface area contributed by atoms with Gasteiger partial charge in [0, 0.05) is 0 Å². The largest absolute Gasteiger partial charge is 0.461 e. The SMILES string of the molecule is CCOC(=O)c1nc(Br)c(C(F)F)cc1C. The van der Waals surface area contributed by atoms with Gasteiger partial charge in [-0.05, 0) is 41.4 Å². The lowest BCUT2D eigenvalue weighted by Gasteiger charge is -2.08. The molecule has 1 heterocycles. The maximum atomic E-state index is 12.5. The maximum Gasteiger partial charge on any atom is 0.357 e. The molecule has 1 aromatic rings. The molecule has 1 aromatic heterocycles. The molecule has 0 amide bonds. The highest BCUT2D eigenvalue weighted by Gasteiger charge is 2.19. The van der Waals surface area contributed by atoms with Crippen molar-refractivity contribution < 1.29 is 18.3 Å². The molecular weight excluding hydrogens is 284 g/mol. The first kappa shape index (κ1) is 13.0. The van der Waals surface area contributed by atoms with Gasteiger partial charge in [0.05, 0.1) is 12.2 Å². The van der Waals surface area contributed by atoms with Gasteiger partial charge in [-0.2, -0.15) is 0 Å². The first-order valence-electron chi connectivity index (χ1n) is 4.59. The van der Waals surface area contributed by atoms with Gasteiger partial charge in [0.15, 0.2) is 5.69 Å². The van der Waals surface area contributed by atoms with Crippen LogP contribution in [0.1, 0.15) is 35.0 Å². The Morgan fingerprint density at radius 3 is 2.75 bits per heavy atom. The smallest absolute Gasteiger partial charge is 0.357 e. The van der Waals surface area contributed by atoms with E-state index >= 15 is 0 Å². The summed E-state index contributed by atoms with van der Waals surface area (Å²) >= 11 is 2.90. The number of alkyl halides is 2. The Kier molecular flexibility index (Phi) is 4.35. The van der Waals surface area contributed by atoms with Crippen LogP contribution in [0.2, 0.25) is 0 Å². The summed E-state index contributed by atoms with van der Waals surface area (Å²) in [6, 6.07) is 1.23. The Balaban J connectivity index is 3.15. The molecule has 0 bridgehead atoms. The van der Waals surface area contributed by atoms with E-state index in [0.717, 1.165) is 0 Å². The van der Waals surface area contributed by atoms with E-state index in [1.165, 1.54) is 13.0 Å². The Morgan fingerprint density at radius 2 is 2.25 bits per heavy atom. The van der Waals surface area contributed by atoms with Gasteiger partial charge in [-0.15, -0.1) is 0 Å². The third-order valence-corrected chi connectivity index (χ3v) is 2.53. The predicted octanol–water partition coefficient (Wildman–Crippen LogP) is 3.27. The molecule has 0 spiro atoms. The molecule has 0 saturated carbocycles. The molecule has 0 aliphatic heterocycles. The fourth-order valence-electron chi connectivity index (χ4n) is 1.17. The summed E-state index contributed by atoms with van der Waals surface area (Å²) in [5.74, 6) is -0.610. The Hall–Kier alpha value is -1.04. The minimum Gasteiger partial charge on any atom is -0.461 e. The maximum absolute atomic E-state index is 12.5. The third kappa shape index (κ3) is 2.75. The summed E-state index contributed by atoms with van der Waals surface area (Å²) in [7, 11) is 0. The molecule has 0 atom stereocenters. The summed E-state index contributed by atoms with van der Waals surface area (Å²) in [6.45, 7) is 3.42. The molecule has 0 unspecified atom stereocenters. The van der Waals surface area contributed by atoms with Gasteiger partial charge in [0.25, 0.3) is 6.43 Å². The normalized spacial score (nSPS) is 10.6. The average Bonchev–Trinajstić information content (AvgIpc) is 2.20. The summed E-state index contributed by atoms with van der Waals surface area (Å²) in [6.07, 6.45) is -2.63. The molecule has 3 nitrogen and oxygen atoms in total. The van der Waals surface area contributed by atoms with Gasteiger partial charge < -0.3 is 4.74 Å². The summed E-state index contributed by atoms with van der Waals surface area (Å²) in [5.41, 5.74) is 0.195. The van der Waals surface area contributed by atoms with Gasteiger partial charge >= 0.3 is 5.97 Å². The van der Waals surface area contributed by atoms with E-state index in [1.54, 1.807) is 6.92 Å². The van der Waals surface area contributed by atoms with Crippen molar-refractivity contribution in [3.05, 3.63) is 27.5 Å². The summed E-state index contributed by atoms with van der Waals surface area (Å²) < 4.78 is 29.7. The first-order valence-corrected chi connectivity index (χ1v) is 5.39. The quantitative estimate of drug-likeness (QED) is 0.634. The molecule has 0 aromatic carbocycles. The van der Waals surface area contributed by atoms with Crippen LogP contribution in [0, 0.1) is 6.92 Å². The van der Waals surface area contributed by atoms with Crippen LogP contribution in [-0.4, -0.2) is 17.6 Å². The Morgan fingerprint density at radius 1 is 1.62 bits per heavy atom. The van der Waals surface area contributed by atoms with Crippen molar-refractivity contribution in [2.24, 2.45) is 0 Å². The van der Waals surface area contributed by atoms with Crippen LogP contribution >= 0.6 is 15.9 Å². The van der Waals surface area contributed by atoms with Crippen molar-refractivity contribution in [2.45, 2.75) is 20.3 Å². The van der Waals surface area contributed by atoms with E-state index in [0.29, 0.717) is 5.56 Å². The Labute approximate surface area is 99.9 Å². The third-order valence-electron chi connectivity index (χ3n) is 1.90. The predicted molar refractivity (Wildman–Crippen MR) is 57.6 cm³/mol. The molecule has 6 heteroatoms. The van der Waals surface area contributed by atoms with Gasteiger partial charge in [0.2, 0.25) is 0 Å². The summed E-state index contributed by atoms with van der Waals surface area (Å²) in [5, 5.41) is 0. The van der Waals surface area contributed by atoms with Crippen LogP contribution < -0.4 is 0 Å². The van der Waals surface area contributed by atoms with E-state index in [2.05, 4.69) is 20.9 Å². The number of pyridine rings is 1. The number of carbonyl (C=O) groups is 1. The van der Waals surface area contributed by atoms with E-state index in [4.69, 9.17) is 4.74 Å². The molecular formula is C10H10BrF2NO2. The van der Waals surface area contributed by atoms with Crippen molar-refractivity contribution >= 4 is 21.9 Å². The zero-order valence-electron chi connectivity index (χ0n) is 8.76. The van der Waals surface area contributed by atoms with Crippen molar-refractivity contribution in [1.29, 1.82) is 0 Å². The molecule has 16 heavy (non-hydrogen) atoms.